The summed E-state index contributed by atoms with van der Waals surface area (Å²) in [5.74, 6) is -2.57. The Balaban J connectivity index is 2.41. The number of methoxy groups -OCH3 is 1. The maximum atomic E-state index is 13.6. The second-order valence-corrected chi connectivity index (χ2v) is 5.43. The van der Waals surface area contributed by atoms with Crippen LogP contribution in [0.3, 0.4) is 0 Å². The zero-order valence-corrected chi connectivity index (χ0v) is 13.3. The molecule has 26 heavy (non-hydrogen) atoms. The molecule has 1 heterocycles. The van der Waals surface area contributed by atoms with Crippen molar-refractivity contribution in [1.29, 1.82) is 0 Å². The smallest absolute Gasteiger partial charge is 0.472 e. The Labute approximate surface area is 144 Å². The van der Waals surface area contributed by atoms with Crippen LogP contribution in [0.15, 0.2) is 53.3 Å². The summed E-state index contributed by atoms with van der Waals surface area (Å²) >= 11 is 0. The Morgan fingerprint density at radius 3 is 2.42 bits per heavy atom. The van der Waals surface area contributed by atoms with Gasteiger partial charge in [-0.2, -0.15) is 13.2 Å². The van der Waals surface area contributed by atoms with Gasteiger partial charge in [0, 0.05) is 11.5 Å². The molecule has 8 heteroatoms. The van der Waals surface area contributed by atoms with E-state index < -0.39 is 23.5 Å². The average molecular weight is 365 g/mol. The molecule has 2 aromatic carbocycles. The van der Waals surface area contributed by atoms with Gasteiger partial charge in [0.2, 0.25) is 0 Å². The number of carbonyl (C=O) groups is 1. The van der Waals surface area contributed by atoms with E-state index in [1.54, 1.807) is 0 Å². The van der Waals surface area contributed by atoms with Crippen molar-refractivity contribution in [3.63, 3.8) is 0 Å². The van der Waals surface area contributed by atoms with Crippen LogP contribution in [-0.4, -0.2) is 23.8 Å². The van der Waals surface area contributed by atoms with Crippen molar-refractivity contribution in [2.24, 2.45) is 0 Å². The number of hydrogen-bond acceptors (Lipinski definition) is 3. The standard InChI is InChI=1S/C18H11F4NO3/c1-26-12-5-6-15-14(8-12)13(10-3-2-4-11(19)7-10)9-16(24)23(15)17(25)18(20,21)22/h2-9H,1H3. The molecule has 1 aromatic heterocycles. The Hall–Kier alpha value is -3.16. The van der Waals surface area contributed by atoms with Gasteiger partial charge in [-0.1, -0.05) is 12.1 Å². The second-order valence-electron chi connectivity index (χ2n) is 5.43. The molecule has 0 spiro atoms. The summed E-state index contributed by atoms with van der Waals surface area (Å²) < 4.78 is 57.3. The Morgan fingerprint density at radius 1 is 1.08 bits per heavy atom. The predicted octanol–water partition coefficient (Wildman–Crippen LogP) is 4.02. The van der Waals surface area contributed by atoms with Crippen molar-refractivity contribution in [2.75, 3.05) is 7.11 Å². The molecule has 0 saturated carbocycles. The van der Waals surface area contributed by atoms with Crippen LogP contribution in [-0.2, 0) is 0 Å². The summed E-state index contributed by atoms with van der Waals surface area (Å²) in [5.41, 5.74) is -0.939. The molecule has 3 aromatic rings. The van der Waals surface area contributed by atoms with Crippen molar-refractivity contribution in [2.45, 2.75) is 6.18 Å². The molecule has 0 atom stereocenters. The maximum absolute atomic E-state index is 13.6. The van der Waals surface area contributed by atoms with Gasteiger partial charge in [0.1, 0.15) is 11.6 Å². The zero-order valence-electron chi connectivity index (χ0n) is 13.3. The molecular formula is C18H11F4NO3. The normalized spacial score (nSPS) is 11.6. The highest BCUT2D eigenvalue weighted by Crippen LogP contribution is 2.31. The number of alkyl halides is 3. The molecule has 0 aliphatic rings. The van der Waals surface area contributed by atoms with Gasteiger partial charge in [-0.05, 0) is 41.5 Å². The number of ether oxygens (including phenoxy) is 1. The number of benzene rings is 2. The topological polar surface area (TPSA) is 48.3 Å². The van der Waals surface area contributed by atoms with Gasteiger partial charge >= 0.3 is 12.1 Å². The molecule has 0 amide bonds. The second kappa shape index (κ2) is 6.29. The van der Waals surface area contributed by atoms with Crippen molar-refractivity contribution in [3.8, 4) is 16.9 Å². The highest BCUT2D eigenvalue weighted by Gasteiger charge is 2.41. The quantitative estimate of drug-likeness (QED) is 0.645. The van der Waals surface area contributed by atoms with E-state index in [1.807, 2.05) is 0 Å². The van der Waals surface area contributed by atoms with Crippen molar-refractivity contribution < 1.29 is 27.1 Å². The summed E-state index contributed by atoms with van der Waals surface area (Å²) in [7, 11) is 1.36. The minimum absolute atomic E-state index is 0.0531. The van der Waals surface area contributed by atoms with E-state index in [9.17, 15) is 27.2 Å². The summed E-state index contributed by atoms with van der Waals surface area (Å²) in [5, 5.41) is 0.146. The van der Waals surface area contributed by atoms with Gasteiger partial charge in [-0.15, -0.1) is 0 Å². The summed E-state index contributed by atoms with van der Waals surface area (Å²) in [6.45, 7) is 0. The fourth-order valence-corrected chi connectivity index (χ4v) is 2.67. The molecule has 4 nitrogen and oxygen atoms in total. The van der Waals surface area contributed by atoms with E-state index >= 15 is 0 Å². The van der Waals surface area contributed by atoms with Crippen LogP contribution in [0.2, 0.25) is 0 Å². The zero-order chi connectivity index (χ0) is 19.1. The fourth-order valence-electron chi connectivity index (χ4n) is 2.67. The van der Waals surface area contributed by atoms with E-state index in [2.05, 4.69) is 0 Å². The van der Waals surface area contributed by atoms with E-state index in [0.717, 1.165) is 12.1 Å². The number of aromatic nitrogens is 1. The summed E-state index contributed by atoms with van der Waals surface area (Å²) in [4.78, 5) is 24.0. The van der Waals surface area contributed by atoms with Gasteiger partial charge in [0.15, 0.2) is 0 Å². The van der Waals surface area contributed by atoms with Crippen LogP contribution in [0.4, 0.5) is 17.6 Å². The molecule has 3 rings (SSSR count). The predicted molar refractivity (Wildman–Crippen MR) is 86.8 cm³/mol. The SMILES string of the molecule is COc1ccc2c(c1)c(-c1cccc(F)c1)cc(=O)n2C(=O)C(F)(F)F. The molecule has 0 saturated heterocycles. The minimum Gasteiger partial charge on any atom is -0.497 e. The van der Waals surface area contributed by atoms with Gasteiger partial charge < -0.3 is 4.74 Å². The molecule has 0 bridgehead atoms. The number of nitrogens with zero attached hydrogens (tertiary/aromatic N) is 1. The molecular weight excluding hydrogens is 354 g/mol. The molecule has 134 valence electrons. The van der Waals surface area contributed by atoms with Crippen molar-refractivity contribution in [1.82, 2.24) is 4.57 Å². The molecule has 0 radical (unpaired) electrons. The van der Waals surface area contributed by atoms with E-state index in [4.69, 9.17) is 4.74 Å². The molecule has 0 aliphatic heterocycles. The lowest BCUT2D eigenvalue weighted by Crippen LogP contribution is -2.36. The molecule has 0 N–H and O–H groups in total. The largest absolute Gasteiger partial charge is 0.497 e. The Bertz CT molecular complexity index is 1070. The van der Waals surface area contributed by atoms with Crippen molar-refractivity contribution in [3.05, 3.63) is 64.7 Å². The summed E-state index contributed by atoms with van der Waals surface area (Å²) in [6.07, 6.45) is -5.23. The lowest BCUT2D eigenvalue weighted by Gasteiger charge is -2.15. The fraction of sp³-hybridized carbons (Fsp3) is 0.111. The lowest BCUT2D eigenvalue weighted by molar-refractivity contribution is -0.0945. The monoisotopic (exact) mass is 365 g/mol. The first kappa shape index (κ1) is 17.7. The number of pyridine rings is 1. The Morgan fingerprint density at radius 2 is 1.81 bits per heavy atom. The van der Waals surface area contributed by atoms with Gasteiger partial charge in [-0.25, -0.2) is 8.96 Å². The number of hydrogen-bond donors (Lipinski definition) is 0. The number of rotatable bonds is 2. The van der Waals surface area contributed by atoms with E-state index in [1.165, 1.54) is 43.5 Å². The van der Waals surface area contributed by atoms with Crippen LogP contribution >= 0.6 is 0 Å². The highest BCUT2D eigenvalue weighted by atomic mass is 19.4. The van der Waals surface area contributed by atoms with E-state index in [-0.39, 0.29) is 26.6 Å². The maximum Gasteiger partial charge on any atom is 0.472 e. The summed E-state index contributed by atoms with van der Waals surface area (Å²) in [6, 6.07) is 10.0. The molecule has 0 fully saturated rings. The van der Waals surface area contributed by atoms with Crippen molar-refractivity contribution >= 4 is 16.8 Å². The molecule has 0 aliphatic carbocycles. The van der Waals surface area contributed by atoms with Crippen LogP contribution in [0.1, 0.15) is 4.79 Å². The van der Waals surface area contributed by atoms with Gasteiger partial charge in [0.25, 0.3) is 5.56 Å². The first-order valence-corrected chi connectivity index (χ1v) is 7.33. The third kappa shape index (κ3) is 3.05. The minimum atomic E-state index is -5.23. The first-order valence-electron chi connectivity index (χ1n) is 7.33. The molecule has 0 unspecified atom stereocenters. The average Bonchev–Trinajstić information content (AvgIpc) is 2.59. The first-order chi connectivity index (χ1) is 12.2. The number of fused-ring (bicyclic) bond motifs is 1. The highest BCUT2D eigenvalue weighted by molar-refractivity contribution is 6.01. The number of halogens is 4. The third-order valence-electron chi connectivity index (χ3n) is 3.80. The van der Waals surface area contributed by atoms with Crippen LogP contribution in [0.5, 0.6) is 5.75 Å². The van der Waals surface area contributed by atoms with Gasteiger partial charge in [-0.3, -0.25) is 9.59 Å². The van der Waals surface area contributed by atoms with E-state index in [0.29, 0.717) is 5.75 Å². The number of carbonyl (C=O) groups excluding carboxylic acids is 1. The van der Waals surface area contributed by atoms with Crippen LogP contribution in [0.25, 0.3) is 22.0 Å². The van der Waals surface area contributed by atoms with Crippen LogP contribution < -0.4 is 10.3 Å². The lowest BCUT2D eigenvalue weighted by atomic mass is 10.0. The van der Waals surface area contributed by atoms with Crippen LogP contribution in [0, 0.1) is 5.82 Å². The third-order valence-corrected chi connectivity index (χ3v) is 3.80. The Kier molecular flexibility index (Phi) is 4.27. The van der Waals surface area contributed by atoms with Gasteiger partial charge in [0.05, 0.1) is 12.6 Å².